The Morgan fingerprint density at radius 3 is 2.41 bits per heavy atom. The number of amides is 1. The normalized spacial score (nSPS) is 14.1. The summed E-state index contributed by atoms with van der Waals surface area (Å²) in [5.41, 5.74) is 3.07. The van der Waals surface area contributed by atoms with Gasteiger partial charge in [0.2, 0.25) is 9.84 Å². The molecule has 0 spiro atoms. The van der Waals surface area contributed by atoms with Crippen molar-refractivity contribution in [2.45, 2.75) is 30.1 Å². The molecule has 0 aliphatic carbocycles. The molecule has 0 aromatic heterocycles. The topological polar surface area (TPSA) is 80.3 Å². The van der Waals surface area contributed by atoms with E-state index < -0.39 is 15.7 Å². The zero-order valence-corrected chi connectivity index (χ0v) is 16.8. The molecule has 0 saturated carbocycles. The molecule has 3 aromatic carbocycles. The largest absolute Gasteiger partial charge is 0.321 e. The number of carbonyl (C=O) groups excluding carboxylic acids is 2. The van der Waals surface area contributed by atoms with E-state index in [1.807, 2.05) is 32.0 Å². The van der Waals surface area contributed by atoms with Crippen LogP contribution in [0.4, 0.5) is 5.69 Å². The van der Waals surface area contributed by atoms with Gasteiger partial charge in [0.1, 0.15) is 0 Å². The molecule has 0 fully saturated rings. The summed E-state index contributed by atoms with van der Waals surface area (Å²) in [4.78, 5) is 25.4. The molecule has 146 valence electrons. The number of nitrogens with one attached hydrogen (secondary N) is 1. The Morgan fingerprint density at radius 2 is 1.66 bits per heavy atom. The van der Waals surface area contributed by atoms with Gasteiger partial charge in [0.25, 0.3) is 5.91 Å². The van der Waals surface area contributed by atoms with Gasteiger partial charge in [-0.15, -0.1) is 0 Å². The average Bonchev–Trinajstić information content (AvgIpc) is 2.73. The molecule has 0 atom stereocenters. The van der Waals surface area contributed by atoms with E-state index in [-0.39, 0.29) is 32.3 Å². The van der Waals surface area contributed by atoms with Crippen LogP contribution in [-0.4, -0.2) is 20.1 Å². The molecule has 0 bridgehead atoms. The van der Waals surface area contributed by atoms with Crippen molar-refractivity contribution in [3.8, 4) is 0 Å². The fourth-order valence-corrected chi connectivity index (χ4v) is 5.29. The number of fused-ring (bicyclic) bond motifs is 2. The summed E-state index contributed by atoms with van der Waals surface area (Å²) in [6, 6.07) is 16.1. The van der Waals surface area contributed by atoms with E-state index >= 15 is 0 Å². The Labute approximate surface area is 169 Å². The van der Waals surface area contributed by atoms with Crippen molar-refractivity contribution in [2.75, 3.05) is 5.32 Å². The molecule has 1 heterocycles. The molecular formula is C23H19NO4S. The number of hydrogen-bond acceptors (Lipinski definition) is 4. The van der Waals surface area contributed by atoms with Gasteiger partial charge in [-0.25, -0.2) is 8.42 Å². The van der Waals surface area contributed by atoms with Crippen LogP contribution < -0.4 is 5.32 Å². The maximum atomic E-state index is 13.0. The second-order valence-electron chi connectivity index (χ2n) is 6.96. The SMILES string of the molecule is CCc1cccc(C)c1NC(=O)c1ccc2c(c1)S(=O)(=O)c1ccccc1C2=O. The Kier molecular flexibility index (Phi) is 4.59. The average molecular weight is 405 g/mol. The minimum Gasteiger partial charge on any atom is -0.321 e. The molecule has 1 amide bonds. The Hall–Kier alpha value is -3.25. The Morgan fingerprint density at radius 1 is 0.931 bits per heavy atom. The number of aryl methyl sites for hydroxylation is 2. The van der Waals surface area contributed by atoms with Crippen LogP contribution in [0.2, 0.25) is 0 Å². The Bertz CT molecular complexity index is 1280. The van der Waals surface area contributed by atoms with Crippen LogP contribution in [0.25, 0.3) is 0 Å². The molecule has 1 aliphatic heterocycles. The summed E-state index contributed by atoms with van der Waals surface area (Å²) < 4.78 is 26.1. The van der Waals surface area contributed by atoms with Crippen LogP contribution in [0.5, 0.6) is 0 Å². The quantitative estimate of drug-likeness (QED) is 0.554. The highest BCUT2D eigenvalue weighted by Gasteiger charge is 2.35. The lowest BCUT2D eigenvalue weighted by atomic mass is 10.0. The summed E-state index contributed by atoms with van der Waals surface area (Å²) in [5, 5.41) is 2.89. The molecule has 6 heteroatoms. The lowest BCUT2D eigenvalue weighted by Crippen LogP contribution is -2.22. The van der Waals surface area contributed by atoms with Crippen molar-refractivity contribution in [3.63, 3.8) is 0 Å². The third-order valence-electron chi connectivity index (χ3n) is 5.18. The van der Waals surface area contributed by atoms with Crippen molar-refractivity contribution < 1.29 is 18.0 Å². The zero-order chi connectivity index (χ0) is 20.8. The molecule has 5 nitrogen and oxygen atoms in total. The smallest absolute Gasteiger partial charge is 0.255 e. The third-order valence-corrected chi connectivity index (χ3v) is 7.03. The number of benzene rings is 3. The first-order valence-electron chi connectivity index (χ1n) is 9.27. The van der Waals surface area contributed by atoms with Gasteiger partial charge in [-0.2, -0.15) is 0 Å². The summed E-state index contributed by atoms with van der Waals surface area (Å²) in [6.45, 7) is 3.90. The summed E-state index contributed by atoms with van der Waals surface area (Å²) in [6.07, 6.45) is 0.751. The second kappa shape index (κ2) is 6.97. The van der Waals surface area contributed by atoms with E-state index in [1.165, 1.54) is 30.3 Å². The van der Waals surface area contributed by atoms with Crippen LogP contribution >= 0.6 is 0 Å². The van der Waals surface area contributed by atoms with Gasteiger partial charge in [-0.05, 0) is 54.8 Å². The maximum Gasteiger partial charge on any atom is 0.255 e. The Balaban J connectivity index is 1.77. The molecule has 0 saturated heterocycles. The third kappa shape index (κ3) is 3.06. The van der Waals surface area contributed by atoms with Crippen molar-refractivity contribution in [1.29, 1.82) is 0 Å². The van der Waals surface area contributed by atoms with Crippen LogP contribution in [0.3, 0.4) is 0 Å². The summed E-state index contributed by atoms with van der Waals surface area (Å²) >= 11 is 0. The molecule has 4 rings (SSSR count). The fourth-order valence-electron chi connectivity index (χ4n) is 3.61. The number of para-hydroxylation sites is 1. The van der Waals surface area contributed by atoms with E-state index in [4.69, 9.17) is 0 Å². The van der Waals surface area contributed by atoms with Gasteiger partial charge in [0, 0.05) is 22.4 Å². The van der Waals surface area contributed by atoms with Gasteiger partial charge in [0.05, 0.1) is 9.79 Å². The van der Waals surface area contributed by atoms with Crippen molar-refractivity contribution >= 4 is 27.2 Å². The van der Waals surface area contributed by atoms with Gasteiger partial charge >= 0.3 is 0 Å². The predicted molar refractivity (Wildman–Crippen MR) is 110 cm³/mol. The first-order valence-corrected chi connectivity index (χ1v) is 10.8. The second-order valence-corrected chi connectivity index (χ2v) is 8.84. The van der Waals surface area contributed by atoms with Crippen LogP contribution in [-0.2, 0) is 16.3 Å². The monoisotopic (exact) mass is 405 g/mol. The van der Waals surface area contributed by atoms with Crippen molar-refractivity contribution in [1.82, 2.24) is 0 Å². The van der Waals surface area contributed by atoms with E-state index in [0.29, 0.717) is 0 Å². The lowest BCUT2D eigenvalue weighted by molar-refractivity contribution is 0.101. The molecule has 29 heavy (non-hydrogen) atoms. The standard InChI is InChI=1S/C23H19NO4S/c1-3-15-8-6-7-14(2)21(15)24-23(26)16-11-12-18-20(13-16)29(27,28)19-10-5-4-9-17(19)22(18)25/h4-13H,3H2,1-2H3,(H,24,26). The summed E-state index contributed by atoms with van der Waals surface area (Å²) in [5.74, 6) is -0.775. The lowest BCUT2D eigenvalue weighted by Gasteiger charge is -2.19. The molecule has 1 aliphatic rings. The maximum absolute atomic E-state index is 13.0. The van der Waals surface area contributed by atoms with Crippen LogP contribution in [0, 0.1) is 6.92 Å². The number of hydrogen-bond donors (Lipinski definition) is 1. The molecule has 0 radical (unpaired) electrons. The van der Waals surface area contributed by atoms with Crippen LogP contribution in [0.1, 0.15) is 44.3 Å². The first-order chi connectivity index (χ1) is 13.8. The zero-order valence-electron chi connectivity index (χ0n) is 16.0. The highest BCUT2D eigenvalue weighted by Crippen LogP contribution is 2.35. The molecular weight excluding hydrogens is 386 g/mol. The van der Waals surface area contributed by atoms with E-state index in [2.05, 4.69) is 5.32 Å². The van der Waals surface area contributed by atoms with Gasteiger partial charge in [0.15, 0.2) is 5.78 Å². The van der Waals surface area contributed by atoms with Crippen LogP contribution in [0.15, 0.2) is 70.5 Å². The van der Waals surface area contributed by atoms with Crippen molar-refractivity contribution in [3.05, 3.63) is 88.5 Å². The molecule has 0 unspecified atom stereocenters. The van der Waals surface area contributed by atoms with Gasteiger partial charge < -0.3 is 5.32 Å². The predicted octanol–water partition coefficient (Wildman–Crippen LogP) is 4.19. The highest BCUT2D eigenvalue weighted by atomic mass is 32.2. The minimum absolute atomic E-state index is 0.0257. The van der Waals surface area contributed by atoms with Gasteiger partial charge in [-0.3, -0.25) is 9.59 Å². The number of carbonyl (C=O) groups is 2. The van der Waals surface area contributed by atoms with Gasteiger partial charge in [-0.1, -0.05) is 37.3 Å². The molecule has 1 N–H and O–H groups in total. The number of ketones is 1. The molecule has 3 aromatic rings. The number of anilines is 1. The highest BCUT2D eigenvalue weighted by molar-refractivity contribution is 7.91. The van der Waals surface area contributed by atoms with E-state index in [1.54, 1.807) is 12.1 Å². The van der Waals surface area contributed by atoms with Crippen molar-refractivity contribution in [2.24, 2.45) is 0 Å². The fraction of sp³-hybridized carbons (Fsp3) is 0.130. The van der Waals surface area contributed by atoms with E-state index in [9.17, 15) is 18.0 Å². The first kappa shape index (κ1) is 19.1. The summed E-state index contributed by atoms with van der Waals surface area (Å²) in [7, 11) is -3.88. The number of rotatable bonds is 3. The number of sulfone groups is 1. The van der Waals surface area contributed by atoms with E-state index in [0.717, 1.165) is 23.2 Å². The minimum atomic E-state index is -3.88.